The maximum Gasteiger partial charge on any atom is 0.305 e. The van der Waals surface area contributed by atoms with E-state index in [0.29, 0.717) is 94.4 Å². The van der Waals surface area contributed by atoms with Gasteiger partial charge in [0.1, 0.15) is 6.61 Å². The number of rotatable bonds is 43. The predicted molar refractivity (Wildman–Crippen MR) is 338 cm³/mol. The van der Waals surface area contributed by atoms with Crippen LogP contribution in [0.3, 0.4) is 0 Å². The Morgan fingerprint density at radius 2 is 0.988 bits per heavy atom. The number of aliphatic hydroxyl groups is 1. The predicted octanol–water partition coefficient (Wildman–Crippen LogP) is 15.3. The van der Waals surface area contributed by atoms with Crippen LogP contribution < -0.4 is 0 Å². The minimum atomic E-state index is -0.815. The average molecular weight is 1150 g/mol. The van der Waals surface area contributed by atoms with Crippen LogP contribution in [0.1, 0.15) is 179 Å². The van der Waals surface area contributed by atoms with Crippen molar-refractivity contribution in [3.05, 3.63) is 146 Å². The smallest absolute Gasteiger partial charge is 0.305 e. The molecule has 2 aliphatic heterocycles. The summed E-state index contributed by atoms with van der Waals surface area (Å²) in [6.45, 7) is 18.9. The number of esters is 1. The second-order valence-corrected chi connectivity index (χ2v) is 23.8. The zero-order valence-corrected chi connectivity index (χ0v) is 51.3. The molecule has 0 saturated carbocycles. The Morgan fingerprint density at radius 1 is 0.568 bits per heavy atom. The second-order valence-electron chi connectivity index (χ2n) is 21.4. The summed E-state index contributed by atoms with van der Waals surface area (Å²) in [7, 11) is 0. The van der Waals surface area contributed by atoms with Crippen LogP contribution >= 0.6 is 23.5 Å². The van der Waals surface area contributed by atoms with Crippen molar-refractivity contribution in [2.45, 2.75) is 168 Å². The molecule has 13 heteroatoms. The molecule has 0 bridgehead atoms. The van der Waals surface area contributed by atoms with Crippen molar-refractivity contribution in [1.29, 1.82) is 0 Å². The molecule has 4 rings (SSSR count). The number of carbonyl (C=O) groups is 6. The molecule has 81 heavy (non-hydrogen) atoms. The summed E-state index contributed by atoms with van der Waals surface area (Å²) < 4.78 is 5.35. The highest BCUT2D eigenvalue weighted by molar-refractivity contribution is 7.99. The number of carbonyl (C=O) groups excluding carboxylic acids is 5. The summed E-state index contributed by atoms with van der Waals surface area (Å²) in [5.41, 5.74) is 2.89. The first-order valence-corrected chi connectivity index (χ1v) is 32.4. The fraction of sp³-hybridized carbons (Fsp3) is 0.559. The standard InChI is InChI=1S/C34H49NO4S.C24H38OS.C10H13NO4/c1-4-29(15-9-6-10-16-30(5-2)31-17-11-7-12-18-31)27-28(3)22-25-40-26-24-39-34(38)19-13-8-14-23-35-32(36)20-21-33(35)37;1-4-22(20-21(3)16-18-26-19-17-25)12-8-6-9-13-23(5-2)24-14-10-7-11-15-24;12-8-5-6-9(13)11(8)7-3-1-2-4-10(14)15/h4,6-7,10-12,17-18,20-21,28-30H,1,5,8-9,13-16,19,22-27H2,2-3H3;4,6-7,9-11,14-15,21-23,25H,1,5,8,12-13,16-20H2,2-3H3;5-6H,1-4,7H2,(H,14,15). The lowest BCUT2D eigenvalue weighted by Crippen LogP contribution is -2.30. The SMILES string of the molecule is C=CC(CCC=CCC(CC)c1ccccc1)CC(C)CCSCCO.C=CC(CCC=CCC(CC)c1ccccc1)CC(C)CCSCCOC(=O)CCCCCN1C(=O)C=CC1=O.O=C(O)CCCCCN1C(=O)C=CC1=O. The lowest BCUT2D eigenvalue weighted by molar-refractivity contribution is -0.143. The van der Waals surface area contributed by atoms with Gasteiger partial charge in [0.2, 0.25) is 0 Å². The summed E-state index contributed by atoms with van der Waals surface area (Å²) >= 11 is 3.70. The molecule has 0 aliphatic carbocycles. The van der Waals surface area contributed by atoms with E-state index >= 15 is 0 Å². The summed E-state index contributed by atoms with van der Waals surface area (Å²) in [6, 6.07) is 21.7. The van der Waals surface area contributed by atoms with Crippen LogP contribution in [0.5, 0.6) is 0 Å². The largest absolute Gasteiger partial charge is 0.481 e. The maximum absolute atomic E-state index is 11.9. The van der Waals surface area contributed by atoms with Gasteiger partial charge in [-0.15, -0.1) is 13.2 Å². The minimum absolute atomic E-state index is 0.139. The zero-order chi connectivity index (χ0) is 59.3. The van der Waals surface area contributed by atoms with Crippen molar-refractivity contribution in [3.63, 3.8) is 0 Å². The molecule has 2 aromatic carbocycles. The van der Waals surface area contributed by atoms with E-state index < -0.39 is 5.97 Å². The van der Waals surface area contributed by atoms with Crippen LogP contribution in [0.2, 0.25) is 0 Å². The number of carboxylic acid groups (broad SMARTS) is 1. The van der Waals surface area contributed by atoms with E-state index in [1.807, 2.05) is 23.5 Å². The third kappa shape index (κ3) is 34.1. The normalized spacial score (nSPS) is 15.3. The molecular formula is C68H100N2O9S2. The molecule has 0 spiro atoms. The molecule has 0 radical (unpaired) electrons. The number of benzene rings is 2. The monoisotopic (exact) mass is 1150 g/mol. The molecule has 2 N–H and O–H groups in total. The third-order valence-corrected chi connectivity index (χ3v) is 16.7. The summed E-state index contributed by atoms with van der Waals surface area (Å²) in [4.78, 5) is 69.7. The van der Waals surface area contributed by atoms with Gasteiger partial charge in [-0.1, -0.05) is 138 Å². The number of amides is 4. The number of unbranched alkanes of at least 4 members (excludes halogenated alkanes) is 4. The van der Waals surface area contributed by atoms with Crippen LogP contribution in [-0.2, 0) is 33.5 Å². The third-order valence-electron chi connectivity index (χ3n) is 14.8. The number of aliphatic carboxylic acids is 1. The van der Waals surface area contributed by atoms with Gasteiger partial charge < -0.3 is 14.9 Å². The molecule has 11 nitrogen and oxygen atoms in total. The molecule has 0 saturated heterocycles. The molecule has 2 aromatic rings. The fourth-order valence-electron chi connectivity index (χ4n) is 9.70. The molecule has 0 aromatic heterocycles. The zero-order valence-electron chi connectivity index (χ0n) is 49.7. The Bertz CT molecular complexity index is 2180. The van der Waals surface area contributed by atoms with Crippen LogP contribution in [0.15, 0.2) is 135 Å². The Kier molecular flexibility index (Phi) is 41.0. The van der Waals surface area contributed by atoms with Gasteiger partial charge in [0.15, 0.2) is 0 Å². The number of hydrogen-bond donors (Lipinski definition) is 2. The van der Waals surface area contributed by atoms with Gasteiger partial charge in [0, 0.05) is 61.7 Å². The Labute approximate surface area is 496 Å². The van der Waals surface area contributed by atoms with E-state index in [4.69, 9.17) is 14.9 Å². The molecule has 2 heterocycles. The van der Waals surface area contributed by atoms with Crippen molar-refractivity contribution in [2.75, 3.05) is 49.3 Å². The summed E-state index contributed by atoms with van der Waals surface area (Å²) in [5.74, 6) is 5.66. The second kappa shape index (κ2) is 46.3. The fourth-order valence-corrected chi connectivity index (χ4v) is 11.6. The first-order valence-electron chi connectivity index (χ1n) is 30.1. The molecule has 0 fully saturated rings. The summed E-state index contributed by atoms with van der Waals surface area (Å²) in [6.07, 6.45) is 37.5. The van der Waals surface area contributed by atoms with Crippen LogP contribution in [0, 0.1) is 23.7 Å². The van der Waals surface area contributed by atoms with E-state index in [2.05, 4.69) is 138 Å². The number of thioether (sulfide) groups is 2. The van der Waals surface area contributed by atoms with Crippen LogP contribution in [0.25, 0.3) is 0 Å². The lowest BCUT2D eigenvalue weighted by atomic mass is 9.90. The maximum atomic E-state index is 11.9. The van der Waals surface area contributed by atoms with E-state index in [1.54, 1.807) is 0 Å². The number of aliphatic hydroxyl groups excluding tert-OH is 1. The van der Waals surface area contributed by atoms with Crippen LogP contribution in [-0.4, -0.2) is 105 Å². The Hall–Kier alpha value is -5.24. The molecule has 6 unspecified atom stereocenters. The number of ether oxygens (including phenoxy) is 1. The average Bonchev–Trinajstić information content (AvgIpc) is 3.98. The molecule has 4 amide bonds. The Balaban J connectivity index is 0.000000465. The van der Waals surface area contributed by atoms with Gasteiger partial charge in [-0.3, -0.25) is 38.6 Å². The van der Waals surface area contributed by atoms with Crippen molar-refractivity contribution >= 4 is 59.1 Å². The van der Waals surface area contributed by atoms with E-state index in [0.717, 1.165) is 80.3 Å². The van der Waals surface area contributed by atoms with E-state index in [-0.39, 0.29) is 36.0 Å². The van der Waals surface area contributed by atoms with Crippen molar-refractivity contribution in [1.82, 2.24) is 9.80 Å². The highest BCUT2D eigenvalue weighted by Crippen LogP contribution is 2.27. The number of carboxylic acids is 1. The Morgan fingerprint density at radius 3 is 1.38 bits per heavy atom. The highest BCUT2D eigenvalue weighted by Gasteiger charge is 2.23. The lowest BCUT2D eigenvalue weighted by Gasteiger charge is -2.17. The quantitative estimate of drug-likeness (QED) is 0.0282. The van der Waals surface area contributed by atoms with E-state index in [1.165, 1.54) is 77.3 Å². The van der Waals surface area contributed by atoms with Gasteiger partial charge in [-0.25, -0.2) is 0 Å². The molecular weight excluding hydrogens is 1050 g/mol. The van der Waals surface area contributed by atoms with Crippen molar-refractivity contribution < 1.29 is 43.7 Å². The number of hydrogen-bond acceptors (Lipinski definition) is 10. The molecule has 448 valence electrons. The van der Waals surface area contributed by atoms with Gasteiger partial charge in [-0.05, 0) is 161 Å². The molecule has 2 aliphatic rings. The van der Waals surface area contributed by atoms with Crippen molar-refractivity contribution in [3.8, 4) is 0 Å². The van der Waals surface area contributed by atoms with Crippen LogP contribution in [0.4, 0.5) is 0 Å². The van der Waals surface area contributed by atoms with Gasteiger partial charge in [-0.2, -0.15) is 23.5 Å². The number of allylic oxidation sites excluding steroid dienone is 6. The van der Waals surface area contributed by atoms with Gasteiger partial charge >= 0.3 is 11.9 Å². The summed E-state index contributed by atoms with van der Waals surface area (Å²) in [5, 5.41) is 17.2. The number of imide groups is 2. The topological polar surface area (TPSA) is 159 Å². The van der Waals surface area contributed by atoms with E-state index in [9.17, 15) is 28.8 Å². The van der Waals surface area contributed by atoms with Gasteiger partial charge in [0.25, 0.3) is 23.6 Å². The minimum Gasteiger partial charge on any atom is -0.481 e. The number of nitrogens with zero attached hydrogens (tertiary/aromatic N) is 2. The first kappa shape index (κ1) is 71.9. The first-order chi connectivity index (χ1) is 39.3. The molecule has 6 atom stereocenters. The van der Waals surface area contributed by atoms with Crippen molar-refractivity contribution in [2.24, 2.45) is 23.7 Å². The highest BCUT2D eigenvalue weighted by atomic mass is 32.2. The van der Waals surface area contributed by atoms with Gasteiger partial charge in [0.05, 0.1) is 6.61 Å².